The van der Waals surface area contributed by atoms with Crippen LogP contribution in [0.5, 0.6) is 0 Å². The fraction of sp³-hybridized carbons (Fsp3) is 0.176. The van der Waals surface area contributed by atoms with Gasteiger partial charge < -0.3 is 5.32 Å². The van der Waals surface area contributed by atoms with Crippen LogP contribution in [0, 0.1) is 0 Å². The van der Waals surface area contributed by atoms with E-state index in [-0.39, 0.29) is 0 Å². The van der Waals surface area contributed by atoms with Crippen molar-refractivity contribution in [3.63, 3.8) is 0 Å². The van der Waals surface area contributed by atoms with Gasteiger partial charge in [0.05, 0.1) is 0 Å². The van der Waals surface area contributed by atoms with Gasteiger partial charge in [-0.05, 0) is 52.2 Å². The summed E-state index contributed by atoms with van der Waals surface area (Å²) in [6.07, 6.45) is 0. The number of hydrogen-bond donors (Lipinski definition) is 1. The van der Waals surface area contributed by atoms with Gasteiger partial charge in [-0.1, -0.05) is 42.8 Å². The summed E-state index contributed by atoms with van der Waals surface area (Å²) in [5.74, 6) is 0. The minimum Gasteiger partial charge on any atom is -0.313 e. The van der Waals surface area contributed by atoms with Gasteiger partial charge in [-0.15, -0.1) is 11.3 Å². The third-order valence-corrected chi connectivity index (χ3v) is 4.61. The first kappa shape index (κ1) is 13.6. The Morgan fingerprint density at radius 3 is 2.85 bits per heavy atom. The molecule has 1 heterocycles. The fourth-order valence-electron chi connectivity index (χ4n) is 2.42. The molecule has 1 nitrogen and oxygen atoms in total. The lowest BCUT2D eigenvalue weighted by Crippen LogP contribution is -2.12. The lowest BCUT2D eigenvalue weighted by molar-refractivity contribution is 0.728. The summed E-state index contributed by atoms with van der Waals surface area (Å²) in [4.78, 5) is 0. The first-order chi connectivity index (χ1) is 9.79. The van der Waals surface area contributed by atoms with Crippen molar-refractivity contribution >= 4 is 33.0 Å². The van der Waals surface area contributed by atoms with Crippen molar-refractivity contribution in [1.82, 2.24) is 5.32 Å². The van der Waals surface area contributed by atoms with Gasteiger partial charge >= 0.3 is 0 Å². The molecule has 0 saturated carbocycles. The summed E-state index contributed by atoms with van der Waals surface area (Å²) < 4.78 is 1.33. The Bertz CT molecular complexity index is 733. The maximum Gasteiger partial charge on any atom is 0.0421 e. The average molecular weight is 302 g/mol. The molecule has 0 atom stereocenters. The van der Waals surface area contributed by atoms with E-state index in [9.17, 15) is 0 Å². The first-order valence-electron chi connectivity index (χ1n) is 6.75. The molecule has 0 radical (unpaired) electrons. The molecule has 1 N–H and O–H groups in total. The zero-order chi connectivity index (χ0) is 13.9. The van der Waals surface area contributed by atoms with Gasteiger partial charge in [0.2, 0.25) is 0 Å². The Morgan fingerprint density at radius 2 is 2.00 bits per heavy atom. The van der Waals surface area contributed by atoms with E-state index < -0.39 is 0 Å². The summed E-state index contributed by atoms with van der Waals surface area (Å²) in [6, 6.07) is 14.8. The lowest BCUT2D eigenvalue weighted by Gasteiger charge is -2.12. The van der Waals surface area contributed by atoms with E-state index in [0.717, 1.165) is 18.1 Å². The second-order valence-corrected chi connectivity index (χ2v) is 6.08. The topological polar surface area (TPSA) is 12.0 Å². The van der Waals surface area contributed by atoms with E-state index in [4.69, 9.17) is 11.6 Å². The molecular weight excluding hydrogens is 286 g/mol. The van der Waals surface area contributed by atoms with Crippen LogP contribution in [0.3, 0.4) is 0 Å². The molecule has 0 unspecified atom stereocenters. The van der Waals surface area contributed by atoms with Gasteiger partial charge in [-0.2, -0.15) is 0 Å². The Hall–Kier alpha value is -1.35. The second-order valence-electron chi connectivity index (χ2n) is 4.73. The van der Waals surface area contributed by atoms with E-state index in [1.807, 2.05) is 6.07 Å². The van der Waals surface area contributed by atoms with Crippen molar-refractivity contribution in [3.05, 3.63) is 58.4 Å². The molecule has 0 saturated heterocycles. The summed E-state index contributed by atoms with van der Waals surface area (Å²) in [5.41, 5.74) is 3.79. The van der Waals surface area contributed by atoms with Crippen molar-refractivity contribution in [2.75, 3.05) is 6.54 Å². The van der Waals surface area contributed by atoms with Crippen molar-refractivity contribution in [3.8, 4) is 11.1 Å². The molecule has 0 spiro atoms. The number of halogens is 1. The Morgan fingerprint density at radius 1 is 1.10 bits per heavy atom. The minimum atomic E-state index is 0.786. The number of benzene rings is 2. The van der Waals surface area contributed by atoms with E-state index >= 15 is 0 Å². The number of thiophene rings is 1. The number of rotatable bonds is 4. The molecule has 0 aliphatic rings. The SMILES string of the molecule is CCNCc1ccc(Cl)cc1-c1cccc2ccsc12. The van der Waals surface area contributed by atoms with Crippen LogP contribution in [0.1, 0.15) is 12.5 Å². The molecule has 0 amide bonds. The third kappa shape index (κ3) is 2.59. The number of nitrogens with one attached hydrogen (secondary N) is 1. The van der Waals surface area contributed by atoms with Gasteiger partial charge in [0.15, 0.2) is 0 Å². The molecule has 2 aromatic carbocycles. The standard InChI is InChI=1S/C17H16ClNS/c1-2-19-11-13-6-7-14(18)10-16(13)15-5-3-4-12-8-9-20-17(12)15/h3-10,19H,2,11H2,1H3. The summed E-state index contributed by atoms with van der Waals surface area (Å²) in [6.45, 7) is 3.95. The van der Waals surface area contributed by atoms with Gasteiger partial charge in [-0.3, -0.25) is 0 Å². The van der Waals surface area contributed by atoms with Crippen LogP contribution in [0.2, 0.25) is 5.02 Å². The van der Waals surface area contributed by atoms with Crippen LogP contribution in [0.25, 0.3) is 21.2 Å². The van der Waals surface area contributed by atoms with Crippen LogP contribution in [0.4, 0.5) is 0 Å². The molecule has 3 rings (SSSR count). The van der Waals surface area contributed by atoms with E-state index in [0.29, 0.717) is 0 Å². The molecule has 3 aromatic rings. The van der Waals surface area contributed by atoms with Gasteiger partial charge in [-0.25, -0.2) is 0 Å². The zero-order valence-corrected chi connectivity index (χ0v) is 12.9. The molecule has 1 aromatic heterocycles. The van der Waals surface area contributed by atoms with Crippen LogP contribution < -0.4 is 5.32 Å². The molecule has 20 heavy (non-hydrogen) atoms. The van der Waals surface area contributed by atoms with Crippen LogP contribution in [-0.2, 0) is 6.54 Å². The van der Waals surface area contributed by atoms with Crippen LogP contribution in [-0.4, -0.2) is 6.54 Å². The highest BCUT2D eigenvalue weighted by Gasteiger charge is 2.10. The lowest BCUT2D eigenvalue weighted by atomic mass is 9.98. The maximum absolute atomic E-state index is 6.21. The second kappa shape index (κ2) is 5.96. The molecule has 0 aliphatic heterocycles. The smallest absolute Gasteiger partial charge is 0.0421 e. The molecule has 102 valence electrons. The number of hydrogen-bond acceptors (Lipinski definition) is 2. The minimum absolute atomic E-state index is 0.786. The average Bonchev–Trinajstić information content (AvgIpc) is 2.94. The molecule has 3 heteroatoms. The zero-order valence-electron chi connectivity index (χ0n) is 11.3. The monoisotopic (exact) mass is 301 g/mol. The molecular formula is C17H16ClNS. The van der Waals surface area contributed by atoms with E-state index in [1.165, 1.54) is 26.8 Å². The predicted octanol–water partition coefficient (Wildman–Crippen LogP) is 5.33. The van der Waals surface area contributed by atoms with Crippen molar-refractivity contribution in [2.45, 2.75) is 13.5 Å². The van der Waals surface area contributed by atoms with E-state index in [1.54, 1.807) is 11.3 Å². The highest BCUT2D eigenvalue weighted by Crippen LogP contribution is 2.35. The summed E-state index contributed by atoms with van der Waals surface area (Å²) in [7, 11) is 0. The van der Waals surface area contributed by atoms with Gasteiger partial charge in [0.25, 0.3) is 0 Å². The van der Waals surface area contributed by atoms with Crippen LogP contribution in [0.15, 0.2) is 47.8 Å². The highest BCUT2D eigenvalue weighted by atomic mass is 35.5. The van der Waals surface area contributed by atoms with Crippen LogP contribution >= 0.6 is 22.9 Å². The quantitative estimate of drug-likeness (QED) is 0.686. The normalized spacial score (nSPS) is 11.1. The van der Waals surface area contributed by atoms with Crippen molar-refractivity contribution in [1.29, 1.82) is 0 Å². The Kier molecular flexibility index (Phi) is 4.06. The molecule has 0 bridgehead atoms. The predicted molar refractivity (Wildman–Crippen MR) is 89.7 cm³/mol. The molecule has 0 fully saturated rings. The Balaban J connectivity index is 2.17. The van der Waals surface area contributed by atoms with Crippen molar-refractivity contribution in [2.24, 2.45) is 0 Å². The maximum atomic E-state index is 6.21. The summed E-state index contributed by atoms with van der Waals surface area (Å²) >= 11 is 7.99. The molecule has 0 aliphatic carbocycles. The third-order valence-electron chi connectivity index (χ3n) is 3.41. The highest BCUT2D eigenvalue weighted by molar-refractivity contribution is 7.17. The largest absolute Gasteiger partial charge is 0.313 e. The summed E-state index contributed by atoms with van der Waals surface area (Å²) in [5, 5.41) is 7.62. The van der Waals surface area contributed by atoms with Gasteiger partial charge in [0.1, 0.15) is 0 Å². The van der Waals surface area contributed by atoms with Gasteiger partial charge in [0, 0.05) is 16.3 Å². The van der Waals surface area contributed by atoms with E-state index in [2.05, 4.69) is 54.0 Å². The fourth-order valence-corrected chi connectivity index (χ4v) is 3.52. The first-order valence-corrected chi connectivity index (χ1v) is 8.01. The number of fused-ring (bicyclic) bond motifs is 1. The Labute approximate surface area is 128 Å². The van der Waals surface area contributed by atoms with Crippen molar-refractivity contribution < 1.29 is 0 Å².